The largest absolute Gasteiger partial charge is 0.462 e. The second-order valence-corrected chi connectivity index (χ2v) is 12.5. The zero-order valence-corrected chi connectivity index (χ0v) is 19.3. The fourth-order valence-corrected chi connectivity index (χ4v) is 6.10. The summed E-state index contributed by atoms with van der Waals surface area (Å²) in [6, 6.07) is 20.1. The first kappa shape index (κ1) is 22.9. The Morgan fingerprint density at radius 1 is 0.931 bits per heavy atom. The van der Waals surface area contributed by atoms with Gasteiger partial charge in [-0.1, -0.05) is 80.2 Å². The highest BCUT2D eigenvalue weighted by Gasteiger charge is 2.27. The summed E-state index contributed by atoms with van der Waals surface area (Å²) in [5, 5.41) is 2.95. The number of hydrogen-bond donors (Lipinski definition) is 0. The van der Waals surface area contributed by atoms with E-state index >= 15 is 0 Å². The number of rotatable bonds is 10. The normalized spacial score (nSPS) is 10.9. The van der Waals surface area contributed by atoms with Crippen molar-refractivity contribution in [3.05, 3.63) is 82.7 Å². The van der Waals surface area contributed by atoms with Crippen molar-refractivity contribution in [1.29, 1.82) is 0 Å². The van der Waals surface area contributed by atoms with Gasteiger partial charge in [-0.3, -0.25) is 0 Å². The van der Waals surface area contributed by atoms with Gasteiger partial charge in [0.25, 0.3) is 0 Å². The van der Waals surface area contributed by atoms with E-state index in [-0.39, 0.29) is 5.97 Å². The lowest BCUT2D eigenvalue weighted by molar-refractivity contribution is 0.0500. The van der Waals surface area contributed by atoms with Crippen molar-refractivity contribution in [3.63, 3.8) is 0 Å². The molecule has 0 fully saturated rings. The molecular formula is C26H34O2Si. The maximum absolute atomic E-state index is 12.0. The van der Waals surface area contributed by atoms with Crippen molar-refractivity contribution < 1.29 is 9.53 Å². The zero-order chi connectivity index (χ0) is 21.1. The third-order valence-electron chi connectivity index (χ3n) is 5.33. The Hall–Kier alpha value is -2.35. The van der Waals surface area contributed by atoms with Crippen LogP contribution in [0.4, 0.5) is 0 Å². The maximum atomic E-state index is 12.0. The predicted octanol–water partition coefficient (Wildman–Crippen LogP) is 6.44. The summed E-state index contributed by atoms with van der Waals surface area (Å²) < 4.78 is 5.41. The van der Waals surface area contributed by atoms with Crippen LogP contribution in [-0.4, -0.2) is 20.7 Å². The number of carbonyl (C=O) groups is 1. The summed E-state index contributed by atoms with van der Waals surface area (Å²) >= 11 is 0. The Balaban J connectivity index is 2.03. The minimum absolute atomic E-state index is 0.246. The lowest BCUT2D eigenvalue weighted by Gasteiger charge is -2.25. The molecule has 0 radical (unpaired) electrons. The summed E-state index contributed by atoms with van der Waals surface area (Å²) in [6.07, 6.45) is 5.24. The number of carbonyl (C=O) groups excluding carboxylic acids is 1. The SMILES string of the molecule is CCCCC(=C=C(C)CCCOC(=O)c1ccccc1)[Si](C)(C)c1ccccc1. The molecule has 0 spiro atoms. The van der Waals surface area contributed by atoms with E-state index in [4.69, 9.17) is 4.74 Å². The number of benzene rings is 2. The van der Waals surface area contributed by atoms with Gasteiger partial charge >= 0.3 is 5.97 Å². The van der Waals surface area contributed by atoms with E-state index in [2.05, 4.69) is 63.0 Å². The Morgan fingerprint density at radius 3 is 2.17 bits per heavy atom. The molecule has 2 aromatic rings. The minimum Gasteiger partial charge on any atom is -0.462 e. The van der Waals surface area contributed by atoms with E-state index in [0.29, 0.717) is 12.2 Å². The van der Waals surface area contributed by atoms with Crippen LogP contribution in [-0.2, 0) is 4.74 Å². The van der Waals surface area contributed by atoms with E-state index in [9.17, 15) is 4.79 Å². The van der Waals surface area contributed by atoms with E-state index in [1.165, 1.54) is 28.8 Å². The van der Waals surface area contributed by atoms with E-state index in [0.717, 1.165) is 19.3 Å². The third-order valence-corrected chi connectivity index (χ3v) is 8.99. The third kappa shape index (κ3) is 7.19. The second kappa shape index (κ2) is 11.6. The van der Waals surface area contributed by atoms with Crippen LogP contribution in [0.15, 0.2) is 77.2 Å². The van der Waals surface area contributed by atoms with Gasteiger partial charge in [0.1, 0.15) is 8.07 Å². The van der Waals surface area contributed by atoms with Crippen molar-refractivity contribution in [2.24, 2.45) is 0 Å². The van der Waals surface area contributed by atoms with Crippen molar-refractivity contribution >= 4 is 19.2 Å². The molecule has 3 heteroatoms. The molecule has 0 N–H and O–H groups in total. The topological polar surface area (TPSA) is 26.3 Å². The predicted molar refractivity (Wildman–Crippen MR) is 125 cm³/mol. The van der Waals surface area contributed by atoms with Crippen LogP contribution in [0, 0.1) is 0 Å². The first-order valence-corrected chi connectivity index (χ1v) is 13.7. The molecule has 0 unspecified atom stereocenters. The summed E-state index contributed by atoms with van der Waals surface area (Å²) in [5.41, 5.74) is 5.63. The molecule has 0 aliphatic carbocycles. The molecule has 2 nitrogen and oxygen atoms in total. The molecule has 0 amide bonds. The lowest BCUT2D eigenvalue weighted by Crippen LogP contribution is -2.43. The Labute approximate surface area is 177 Å². The molecule has 0 aliphatic rings. The molecule has 29 heavy (non-hydrogen) atoms. The standard InChI is InChI=1S/C26H34O2Si/c1-5-6-17-25(29(3,4)24-18-11-8-12-19-24)21-22(2)14-13-20-28-26(27)23-15-9-7-10-16-23/h7-12,15-16,18-19H,5-6,13-14,17,20H2,1-4H3. The maximum Gasteiger partial charge on any atom is 0.338 e. The van der Waals surface area contributed by atoms with Crippen LogP contribution >= 0.6 is 0 Å². The van der Waals surface area contributed by atoms with Crippen molar-refractivity contribution in [2.45, 2.75) is 59.0 Å². The Kier molecular flexibility index (Phi) is 9.17. The van der Waals surface area contributed by atoms with E-state index < -0.39 is 8.07 Å². The smallest absolute Gasteiger partial charge is 0.338 e. The highest BCUT2D eigenvalue weighted by Crippen LogP contribution is 2.21. The first-order chi connectivity index (χ1) is 13.9. The van der Waals surface area contributed by atoms with Gasteiger partial charge < -0.3 is 4.74 Å². The minimum atomic E-state index is -1.72. The van der Waals surface area contributed by atoms with Gasteiger partial charge in [-0.05, 0) is 55.5 Å². The summed E-state index contributed by atoms with van der Waals surface area (Å²) in [4.78, 5) is 12.0. The van der Waals surface area contributed by atoms with Gasteiger partial charge in [0.2, 0.25) is 0 Å². The fraction of sp³-hybridized carbons (Fsp3) is 0.385. The lowest BCUT2D eigenvalue weighted by atomic mass is 10.1. The van der Waals surface area contributed by atoms with Crippen molar-refractivity contribution in [2.75, 3.05) is 6.61 Å². The number of hydrogen-bond acceptors (Lipinski definition) is 2. The van der Waals surface area contributed by atoms with E-state index in [1.807, 2.05) is 18.2 Å². The van der Waals surface area contributed by atoms with Crippen molar-refractivity contribution in [1.82, 2.24) is 0 Å². The van der Waals surface area contributed by atoms with Gasteiger partial charge in [0.05, 0.1) is 12.2 Å². The quantitative estimate of drug-likeness (QED) is 0.196. The monoisotopic (exact) mass is 406 g/mol. The summed E-state index contributed by atoms with van der Waals surface area (Å²) in [5.74, 6) is -0.246. The van der Waals surface area contributed by atoms with Crippen LogP contribution < -0.4 is 5.19 Å². The van der Waals surface area contributed by atoms with Crippen LogP contribution in [0.25, 0.3) is 0 Å². The molecule has 0 saturated heterocycles. The van der Waals surface area contributed by atoms with Crippen LogP contribution in [0.3, 0.4) is 0 Å². The number of unbranched alkanes of at least 4 members (excludes halogenated alkanes) is 1. The molecule has 0 bridgehead atoms. The van der Waals surface area contributed by atoms with Gasteiger partial charge in [-0.25, -0.2) is 4.79 Å². The second-order valence-electron chi connectivity index (χ2n) is 8.08. The Morgan fingerprint density at radius 2 is 1.55 bits per heavy atom. The van der Waals surface area contributed by atoms with Crippen LogP contribution in [0.2, 0.25) is 13.1 Å². The average Bonchev–Trinajstić information content (AvgIpc) is 2.75. The molecule has 154 valence electrons. The van der Waals surface area contributed by atoms with Gasteiger partial charge in [0.15, 0.2) is 0 Å². The number of allylic oxidation sites excluding steroid dienone is 1. The molecule has 2 aromatic carbocycles. The summed E-state index contributed by atoms with van der Waals surface area (Å²) in [6.45, 7) is 9.69. The molecular weight excluding hydrogens is 372 g/mol. The molecule has 0 heterocycles. The van der Waals surface area contributed by atoms with Crippen LogP contribution in [0.5, 0.6) is 0 Å². The zero-order valence-electron chi connectivity index (χ0n) is 18.3. The molecule has 0 aromatic heterocycles. The van der Waals surface area contributed by atoms with Gasteiger partial charge in [-0.15, -0.1) is 5.73 Å². The first-order valence-electron chi connectivity index (χ1n) is 10.7. The van der Waals surface area contributed by atoms with Crippen molar-refractivity contribution in [3.8, 4) is 0 Å². The van der Waals surface area contributed by atoms with E-state index in [1.54, 1.807) is 12.1 Å². The summed E-state index contributed by atoms with van der Waals surface area (Å²) in [7, 11) is -1.72. The average molecular weight is 407 g/mol. The highest BCUT2D eigenvalue weighted by atomic mass is 28.3. The van der Waals surface area contributed by atoms with Gasteiger partial charge in [-0.2, -0.15) is 0 Å². The Bertz CT molecular complexity index is 832. The molecule has 2 rings (SSSR count). The number of esters is 1. The molecule has 0 atom stereocenters. The number of ether oxygens (including phenoxy) is 1. The highest BCUT2D eigenvalue weighted by molar-refractivity contribution is 6.95. The van der Waals surface area contributed by atoms with Crippen LogP contribution in [0.1, 0.15) is 56.3 Å². The van der Waals surface area contributed by atoms with Gasteiger partial charge in [0, 0.05) is 0 Å². The molecule has 0 aliphatic heterocycles. The molecule has 0 saturated carbocycles. The fourth-order valence-electron chi connectivity index (χ4n) is 3.39.